The number of hydrogen-bond acceptors (Lipinski definition) is 5. The number of benzene rings is 1. The van der Waals surface area contributed by atoms with Crippen LogP contribution in [0.5, 0.6) is 11.5 Å². The molecule has 24 heavy (non-hydrogen) atoms. The Morgan fingerprint density at radius 1 is 1.25 bits per heavy atom. The molecule has 0 atom stereocenters. The molecule has 2 aromatic rings. The normalized spacial score (nSPS) is 11.1. The maximum atomic E-state index is 12.4. The van der Waals surface area contributed by atoms with E-state index in [0.717, 1.165) is 23.0 Å². The third-order valence-electron chi connectivity index (χ3n) is 2.90. The first-order valence-corrected chi connectivity index (χ1v) is 6.53. The summed E-state index contributed by atoms with van der Waals surface area (Å²) >= 11 is 0. The molecule has 1 heterocycles. The second-order valence-electron chi connectivity index (χ2n) is 4.75. The molecule has 1 aromatic carbocycles. The first kappa shape index (κ1) is 17.2. The van der Waals surface area contributed by atoms with E-state index in [0.29, 0.717) is 0 Å². The summed E-state index contributed by atoms with van der Waals surface area (Å²) in [5, 5.41) is 22.1. The zero-order valence-electron chi connectivity index (χ0n) is 12.1. The monoisotopic (exact) mass is 342 g/mol. The molecule has 0 aliphatic rings. The third kappa shape index (κ3) is 4.18. The Bertz CT molecular complexity index is 771. The van der Waals surface area contributed by atoms with Gasteiger partial charge in [0.25, 0.3) is 5.91 Å². The molecule has 0 fully saturated rings. The van der Waals surface area contributed by atoms with Gasteiger partial charge in [-0.2, -0.15) is 18.3 Å². The van der Waals surface area contributed by atoms with Crippen molar-refractivity contribution in [2.45, 2.75) is 12.7 Å². The van der Waals surface area contributed by atoms with Gasteiger partial charge in [-0.1, -0.05) is 6.58 Å². The summed E-state index contributed by atoms with van der Waals surface area (Å²) in [7, 11) is 0. The lowest BCUT2D eigenvalue weighted by molar-refractivity contribution is -0.141. The number of phenols is 2. The van der Waals surface area contributed by atoms with Gasteiger partial charge >= 0.3 is 6.18 Å². The zero-order valence-corrected chi connectivity index (χ0v) is 12.1. The zero-order chi connectivity index (χ0) is 17.9. The van der Waals surface area contributed by atoms with E-state index in [1.54, 1.807) is 0 Å². The Morgan fingerprint density at radius 3 is 2.54 bits per heavy atom. The van der Waals surface area contributed by atoms with Gasteiger partial charge in [-0.3, -0.25) is 20.3 Å². The van der Waals surface area contributed by atoms with Crippen molar-refractivity contribution < 1.29 is 28.2 Å². The van der Waals surface area contributed by atoms with Gasteiger partial charge in [0.15, 0.2) is 5.69 Å². The van der Waals surface area contributed by atoms with Crippen LogP contribution in [-0.2, 0) is 17.5 Å². The van der Waals surface area contributed by atoms with Crippen molar-refractivity contribution in [1.82, 2.24) is 20.6 Å². The van der Waals surface area contributed by atoms with Gasteiger partial charge in [0.05, 0.1) is 5.70 Å². The second-order valence-corrected chi connectivity index (χ2v) is 4.75. The largest absolute Gasteiger partial charge is 0.508 e. The lowest BCUT2D eigenvalue weighted by Crippen LogP contribution is -2.38. The molecule has 0 spiro atoms. The van der Waals surface area contributed by atoms with Crippen LogP contribution >= 0.6 is 0 Å². The Labute approximate surface area is 134 Å². The molecule has 0 radical (unpaired) electrons. The number of nitrogens with zero attached hydrogens (tertiary/aromatic N) is 2. The lowest BCUT2D eigenvalue weighted by atomic mass is 10.1. The quantitative estimate of drug-likeness (QED) is 0.619. The highest BCUT2D eigenvalue weighted by Crippen LogP contribution is 2.27. The molecule has 7 nitrogen and oxygen atoms in total. The van der Waals surface area contributed by atoms with Crippen LogP contribution in [0, 0.1) is 0 Å². The number of carbonyl (C=O) groups excluding carboxylic acids is 1. The molecule has 4 N–H and O–H groups in total. The topological polar surface area (TPSA) is 99.4 Å². The van der Waals surface area contributed by atoms with Crippen molar-refractivity contribution in [1.29, 1.82) is 0 Å². The molecule has 0 bridgehead atoms. The second kappa shape index (κ2) is 6.52. The van der Waals surface area contributed by atoms with Crippen LogP contribution in [0.15, 0.2) is 37.0 Å². The van der Waals surface area contributed by atoms with Crippen LogP contribution in [0.2, 0.25) is 0 Å². The van der Waals surface area contributed by atoms with E-state index in [2.05, 4.69) is 22.5 Å². The SMILES string of the molecule is C=C(NNC(=O)Cn1ccc(C(F)(F)F)n1)c1ccc(O)cc1O. The number of halogens is 3. The van der Waals surface area contributed by atoms with Crippen LogP contribution in [0.3, 0.4) is 0 Å². The number of amides is 1. The summed E-state index contributed by atoms with van der Waals surface area (Å²) < 4.78 is 38.0. The molecular weight excluding hydrogens is 329 g/mol. The highest BCUT2D eigenvalue weighted by Gasteiger charge is 2.33. The number of phenolic OH excluding ortho intramolecular Hbond substituents is 2. The van der Waals surface area contributed by atoms with Crippen LogP contribution in [0.4, 0.5) is 13.2 Å². The Kier molecular flexibility index (Phi) is 4.67. The van der Waals surface area contributed by atoms with E-state index >= 15 is 0 Å². The van der Waals surface area contributed by atoms with Gasteiger partial charge in [-0.15, -0.1) is 0 Å². The highest BCUT2D eigenvalue weighted by molar-refractivity contribution is 5.77. The van der Waals surface area contributed by atoms with Gasteiger partial charge in [0, 0.05) is 17.8 Å². The summed E-state index contributed by atoms with van der Waals surface area (Å²) in [5.41, 5.74) is 3.89. The summed E-state index contributed by atoms with van der Waals surface area (Å²) in [5.74, 6) is -1.08. The van der Waals surface area contributed by atoms with Crippen LogP contribution in [-0.4, -0.2) is 25.9 Å². The van der Waals surface area contributed by atoms with Gasteiger partial charge in [-0.25, -0.2) is 0 Å². The van der Waals surface area contributed by atoms with Crippen molar-refractivity contribution in [3.05, 3.63) is 48.3 Å². The minimum Gasteiger partial charge on any atom is -0.508 e. The molecule has 0 aliphatic carbocycles. The van der Waals surface area contributed by atoms with Crippen molar-refractivity contribution in [2.75, 3.05) is 0 Å². The van der Waals surface area contributed by atoms with Gasteiger partial charge in [0.2, 0.25) is 0 Å². The predicted octanol–water partition coefficient (Wildman–Crippen LogP) is 1.60. The Morgan fingerprint density at radius 2 is 1.96 bits per heavy atom. The number of hydrogen-bond donors (Lipinski definition) is 4. The molecule has 1 amide bonds. The average molecular weight is 342 g/mol. The average Bonchev–Trinajstić information content (AvgIpc) is 2.93. The lowest BCUT2D eigenvalue weighted by Gasteiger charge is -2.12. The maximum Gasteiger partial charge on any atom is 0.435 e. The number of carbonyl (C=O) groups is 1. The first-order valence-electron chi connectivity index (χ1n) is 6.53. The molecule has 0 saturated carbocycles. The summed E-state index contributed by atoms with van der Waals surface area (Å²) in [4.78, 5) is 11.7. The van der Waals surface area contributed by atoms with Crippen LogP contribution in [0.25, 0.3) is 5.70 Å². The van der Waals surface area contributed by atoms with Crippen LogP contribution < -0.4 is 10.9 Å². The van der Waals surface area contributed by atoms with E-state index in [1.807, 2.05) is 0 Å². The number of aromatic hydroxyl groups is 2. The number of rotatable bonds is 5. The predicted molar refractivity (Wildman–Crippen MR) is 77.3 cm³/mol. The van der Waals surface area contributed by atoms with Crippen LogP contribution in [0.1, 0.15) is 11.3 Å². The third-order valence-corrected chi connectivity index (χ3v) is 2.90. The summed E-state index contributed by atoms with van der Waals surface area (Å²) in [6, 6.07) is 4.53. The summed E-state index contributed by atoms with van der Waals surface area (Å²) in [6.07, 6.45) is -3.55. The fourth-order valence-corrected chi connectivity index (χ4v) is 1.78. The van der Waals surface area contributed by atoms with E-state index in [-0.39, 0.29) is 22.8 Å². The number of hydrazine groups is 1. The standard InChI is InChI=1S/C14H13F3N4O3/c1-8(10-3-2-9(22)6-11(10)23)18-19-13(24)7-21-5-4-12(20-21)14(15,16)17/h2-6,18,22-23H,1,7H2,(H,19,24). The first-order chi connectivity index (χ1) is 11.2. The molecular formula is C14H13F3N4O3. The Balaban J connectivity index is 1.91. The molecule has 0 saturated heterocycles. The van der Waals surface area contributed by atoms with Crippen molar-refractivity contribution in [3.8, 4) is 11.5 Å². The van der Waals surface area contributed by atoms with Gasteiger partial charge < -0.3 is 10.2 Å². The van der Waals surface area contributed by atoms with E-state index in [1.165, 1.54) is 12.1 Å². The summed E-state index contributed by atoms with van der Waals surface area (Å²) in [6.45, 7) is 3.15. The van der Waals surface area contributed by atoms with Crippen molar-refractivity contribution >= 4 is 11.6 Å². The number of alkyl halides is 3. The molecule has 128 valence electrons. The molecule has 0 aliphatic heterocycles. The maximum absolute atomic E-state index is 12.4. The minimum absolute atomic E-state index is 0.122. The number of aromatic nitrogens is 2. The Hall–Kier alpha value is -3.17. The molecule has 0 unspecified atom stereocenters. The van der Waals surface area contributed by atoms with Gasteiger partial charge in [0.1, 0.15) is 18.0 Å². The van der Waals surface area contributed by atoms with E-state index in [9.17, 15) is 28.2 Å². The molecule has 2 rings (SSSR count). The van der Waals surface area contributed by atoms with Crippen molar-refractivity contribution in [3.63, 3.8) is 0 Å². The van der Waals surface area contributed by atoms with E-state index in [4.69, 9.17) is 0 Å². The van der Waals surface area contributed by atoms with Gasteiger partial charge in [-0.05, 0) is 18.2 Å². The number of nitrogens with one attached hydrogen (secondary N) is 2. The van der Waals surface area contributed by atoms with E-state index < -0.39 is 24.3 Å². The fraction of sp³-hybridized carbons (Fsp3) is 0.143. The molecule has 10 heteroatoms. The van der Waals surface area contributed by atoms with Crippen molar-refractivity contribution in [2.24, 2.45) is 0 Å². The molecule has 1 aromatic heterocycles. The minimum atomic E-state index is -4.58. The smallest absolute Gasteiger partial charge is 0.435 e. The fourth-order valence-electron chi connectivity index (χ4n) is 1.78. The highest BCUT2D eigenvalue weighted by atomic mass is 19.4.